The lowest BCUT2D eigenvalue weighted by molar-refractivity contribution is 1.07. The van der Waals surface area contributed by atoms with Gasteiger partial charge in [0.2, 0.25) is 0 Å². The second-order valence-electron chi connectivity index (χ2n) is 10.1. The van der Waals surface area contributed by atoms with E-state index in [0.29, 0.717) is 0 Å². The molecule has 0 unspecified atom stereocenters. The molecule has 0 saturated heterocycles. The van der Waals surface area contributed by atoms with E-state index in [1.807, 2.05) is 0 Å². The first-order valence-electron chi connectivity index (χ1n) is 13.7. The largest absolute Gasteiger partial charge is 0.355 e. The highest BCUT2D eigenvalue weighted by Crippen LogP contribution is 2.33. The van der Waals surface area contributed by atoms with Gasteiger partial charge in [-0.05, 0) is 121 Å². The summed E-state index contributed by atoms with van der Waals surface area (Å²) < 4.78 is 0. The molecule has 0 radical (unpaired) electrons. The van der Waals surface area contributed by atoms with Crippen molar-refractivity contribution in [3.63, 3.8) is 0 Å². The van der Waals surface area contributed by atoms with Crippen LogP contribution < -0.4 is 0 Å². The standard InChI is InChI=1S/C33H39N3/c1-7-24-20(5)28-16-22-13-11-12-14-23(15-22)17-29-21(6)25(8-2)31(35-29)19-33-27(10-4)26(9-3)32(36-33)18-30(24)34-28/h11-12,15-19,34,36H,7-10,13-14H2,1-6H3. The fraction of sp³-hybridized carbons (Fsp3) is 0.364. The molecule has 3 aromatic heterocycles. The number of aryl methyl sites for hydroxylation is 4. The van der Waals surface area contributed by atoms with Gasteiger partial charge in [0.05, 0.1) is 11.4 Å². The Morgan fingerprint density at radius 3 is 1.83 bits per heavy atom. The second kappa shape index (κ2) is 9.97. The predicted molar refractivity (Wildman–Crippen MR) is 155 cm³/mol. The summed E-state index contributed by atoms with van der Waals surface area (Å²) in [6, 6.07) is 11.7. The van der Waals surface area contributed by atoms with Gasteiger partial charge in [-0.3, -0.25) is 0 Å². The van der Waals surface area contributed by atoms with Crippen LogP contribution in [0.4, 0.5) is 0 Å². The molecule has 2 aliphatic rings. The lowest BCUT2D eigenvalue weighted by atomic mass is 10.0. The molecule has 2 N–H and O–H groups in total. The maximum absolute atomic E-state index is 5.17. The normalized spacial score (nSPS) is 13.8. The van der Waals surface area contributed by atoms with Crippen LogP contribution >= 0.6 is 0 Å². The monoisotopic (exact) mass is 477 g/mol. The number of nitrogens with zero attached hydrogens (tertiary/aromatic N) is 1. The van der Waals surface area contributed by atoms with Crippen molar-refractivity contribution < 1.29 is 0 Å². The van der Waals surface area contributed by atoms with Crippen LogP contribution in [-0.4, -0.2) is 15.0 Å². The van der Waals surface area contributed by atoms with Crippen molar-refractivity contribution in [1.29, 1.82) is 0 Å². The summed E-state index contributed by atoms with van der Waals surface area (Å²) in [6.07, 6.45) is 10.5. The van der Waals surface area contributed by atoms with E-state index < -0.39 is 0 Å². The number of nitrogens with one attached hydrogen (secondary N) is 2. The van der Waals surface area contributed by atoms with Crippen LogP contribution in [0.15, 0.2) is 42.5 Å². The molecule has 1 aliphatic heterocycles. The number of aromatic nitrogens is 3. The van der Waals surface area contributed by atoms with E-state index in [2.05, 4.69) is 94.0 Å². The summed E-state index contributed by atoms with van der Waals surface area (Å²) in [5.41, 5.74) is 17.9. The number of allylic oxidation sites excluding steroid dienone is 4. The summed E-state index contributed by atoms with van der Waals surface area (Å²) in [6.45, 7) is 13.5. The van der Waals surface area contributed by atoms with Gasteiger partial charge in [-0.15, -0.1) is 0 Å². The molecule has 4 heterocycles. The van der Waals surface area contributed by atoms with E-state index >= 15 is 0 Å². The Labute approximate surface area is 215 Å². The molecule has 3 aromatic rings. The van der Waals surface area contributed by atoms with E-state index in [1.165, 1.54) is 66.6 Å². The van der Waals surface area contributed by atoms with E-state index in [4.69, 9.17) is 4.98 Å². The summed E-state index contributed by atoms with van der Waals surface area (Å²) in [4.78, 5) is 12.8. The second-order valence-corrected chi connectivity index (χ2v) is 10.1. The Balaban J connectivity index is 1.98. The SMILES string of the molecule is CCC1=C(C)c2cc3cc(cc4[nH]c(cc5[nH]c(cc1n2)c(CC)c5CC)c(CC)c4C)CC=CC3. The summed E-state index contributed by atoms with van der Waals surface area (Å²) in [7, 11) is 0. The minimum Gasteiger partial charge on any atom is -0.355 e. The first-order chi connectivity index (χ1) is 17.5. The van der Waals surface area contributed by atoms with Gasteiger partial charge >= 0.3 is 0 Å². The minimum absolute atomic E-state index is 0.937. The van der Waals surface area contributed by atoms with Crippen LogP contribution in [0, 0.1) is 6.92 Å². The smallest absolute Gasteiger partial charge is 0.0693 e. The molecule has 3 heteroatoms. The van der Waals surface area contributed by atoms with Crippen molar-refractivity contribution in [2.75, 3.05) is 0 Å². The van der Waals surface area contributed by atoms with Crippen LogP contribution in [0.2, 0.25) is 0 Å². The molecule has 1 aliphatic carbocycles. The van der Waals surface area contributed by atoms with Gasteiger partial charge in [0, 0.05) is 22.1 Å². The Bertz CT molecular complexity index is 1540. The average molecular weight is 478 g/mol. The maximum Gasteiger partial charge on any atom is 0.0693 e. The van der Waals surface area contributed by atoms with Crippen molar-refractivity contribution in [2.24, 2.45) is 0 Å². The molecule has 0 fully saturated rings. The molecule has 0 amide bonds. The zero-order chi connectivity index (χ0) is 25.4. The molecule has 0 aromatic carbocycles. The van der Waals surface area contributed by atoms with Gasteiger partial charge in [0.15, 0.2) is 0 Å². The molecule has 0 spiro atoms. The van der Waals surface area contributed by atoms with Gasteiger partial charge < -0.3 is 9.97 Å². The van der Waals surface area contributed by atoms with E-state index in [0.717, 1.165) is 49.9 Å². The Kier molecular flexibility index (Phi) is 6.75. The van der Waals surface area contributed by atoms with Crippen LogP contribution in [0.25, 0.3) is 33.2 Å². The van der Waals surface area contributed by atoms with Crippen molar-refractivity contribution in [1.82, 2.24) is 15.0 Å². The minimum atomic E-state index is 0.937. The highest BCUT2D eigenvalue weighted by atomic mass is 14.8. The lowest BCUT2D eigenvalue weighted by Gasteiger charge is -2.01. The highest BCUT2D eigenvalue weighted by Gasteiger charge is 2.17. The van der Waals surface area contributed by atoms with E-state index in [1.54, 1.807) is 0 Å². The molecule has 36 heavy (non-hydrogen) atoms. The molecule has 8 bridgehead atoms. The van der Waals surface area contributed by atoms with Gasteiger partial charge in [0.25, 0.3) is 0 Å². The highest BCUT2D eigenvalue weighted by molar-refractivity contribution is 5.92. The fourth-order valence-corrected chi connectivity index (χ4v) is 6.05. The van der Waals surface area contributed by atoms with E-state index in [9.17, 15) is 0 Å². The molecule has 3 nitrogen and oxygen atoms in total. The maximum atomic E-state index is 5.17. The van der Waals surface area contributed by atoms with Gasteiger partial charge in [0.1, 0.15) is 0 Å². The van der Waals surface area contributed by atoms with E-state index in [-0.39, 0.29) is 0 Å². The summed E-state index contributed by atoms with van der Waals surface area (Å²) >= 11 is 0. The third-order valence-electron chi connectivity index (χ3n) is 8.00. The summed E-state index contributed by atoms with van der Waals surface area (Å²) in [5.74, 6) is 0. The number of aromatic amines is 2. The molecule has 186 valence electrons. The first kappa shape index (κ1) is 24.4. The molecular weight excluding hydrogens is 438 g/mol. The molecular formula is C33H39N3. The average Bonchev–Trinajstić information content (AvgIpc) is 3.37. The number of hydrogen-bond donors (Lipinski definition) is 2. The van der Waals surface area contributed by atoms with Crippen molar-refractivity contribution in [2.45, 2.75) is 80.1 Å². The van der Waals surface area contributed by atoms with Crippen molar-refractivity contribution >= 4 is 33.2 Å². The van der Waals surface area contributed by atoms with Crippen LogP contribution in [0.1, 0.15) is 85.8 Å². The lowest BCUT2D eigenvalue weighted by Crippen LogP contribution is -1.86. The summed E-state index contributed by atoms with van der Waals surface area (Å²) in [5, 5.41) is 0. The number of hydrogen-bond acceptors (Lipinski definition) is 1. The quantitative estimate of drug-likeness (QED) is 0.363. The van der Waals surface area contributed by atoms with Crippen molar-refractivity contribution in [3.05, 3.63) is 87.3 Å². The third kappa shape index (κ3) is 4.25. The molecule has 5 rings (SSSR count). The van der Waals surface area contributed by atoms with Gasteiger partial charge in [-0.25, -0.2) is 4.98 Å². The Morgan fingerprint density at radius 2 is 1.19 bits per heavy atom. The zero-order valence-electron chi connectivity index (χ0n) is 22.7. The van der Waals surface area contributed by atoms with Gasteiger partial charge in [-0.2, -0.15) is 0 Å². The van der Waals surface area contributed by atoms with Crippen LogP contribution in [0.5, 0.6) is 0 Å². The topological polar surface area (TPSA) is 44.5 Å². The Morgan fingerprint density at radius 1 is 0.611 bits per heavy atom. The fourth-order valence-electron chi connectivity index (χ4n) is 6.05. The molecule has 0 atom stereocenters. The molecule has 0 saturated carbocycles. The van der Waals surface area contributed by atoms with Crippen molar-refractivity contribution in [3.8, 4) is 0 Å². The van der Waals surface area contributed by atoms with Crippen LogP contribution in [0.3, 0.4) is 0 Å². The number of fused-ring (bicyclic) bond motifs is 8. The number of H-pyrrole nitrogens is 2. The third-order valence-corrected chi connectivity index (χ3v) is 8.00. The Hall–Kier alpha value is -3.33. The van der Waals surface area contributed by atoms with Crippen LogP contribution in [-0.2, 0) is 32.1 Å². The van der Waals surface area contributed by atoms with Gasteiger partial charge in [-0.1, -0.05) is 45.9 Å². The first-order valence-corrected chi connectivity index (χ1v) is 13.7. The number of rotatable bonds is 4. The zero-order valence-corrected chi connectivity index (χ0v) is 22.7. The predicted octanol–water partition coefficient (Wildman–Crippen LogP) is 8.60.